The van der Waals surface area contributed by atoms with Gasteiger partial charge in [0, 0.05) is 12.1 Å². The molecule has 5 nitrogen and oxygen atoms in total. The molecule has 2 rings (SSSR count). The number of amides is 2. The van der Waals surface area contributed by atoms with Crippen LogP contribution in [0.25, 0.3) is 0 Å². The van der Waals surface area contributed by atoms with E-state index in [1.807, 2.05) is 19.9 Å². The first kappa shape index (κ1) is 13.6. The maximum Gasteiger partial charge on any atom is 0.248 e. The second-order valence-corrected chi connectivity index (χ2v) is 5.87. The van der Waals surface area contributed by atoms with Crippen LogP contribution in [-0.4, -0.2) is 28.3 Å². The molecule has 2 amide bonds. The van der Waals surface area contributed by atoms with Gasteiger partial charge in [-0.15, -0.1) is 0 Å². The third-order valence-electron chi connectivity index (χ3n) is 3.40. The van der Waals surface area contributed by atoms with Crippen LogP contribution < -0.4 is 5.32 Å². The van der Waals surface area contributed by atoms with Gasteiger partial charge in [-0.2, -0.15) is 0 Å². The molecule has 1 fully saturated rings. The minimum absolute atomic E-state index is 0.0620. The van der Waals surface area contributed by atoms with Crippen LogP contribution in [-0.2, 0) is 16.1 Å². The number of nitrogens with zero attached hydrogens (tertiary/aromatic N) is 1. The summed E-state index contributed by atoms with van der Waals surface area (Å²) >= 11 is 0. The fraction of sp³-hybridized carbons (Fsp3) is 0.571. The van der Waals surface area contributed by atoms with Gasteiger partial charge in [-0.05, 0) is 25.8 Å². The van der Waals surface area contributed by atoms with Gasteiger partial charge in [0.15, 0.2) is 0 Å². The predicted molar refractivity (Wildman–Crippen MR) is 70.1 cm³/mol. The van der Waals surface area contributed by atoms with Gasteiger partial charge >= 0.3 is 0 Å². The van der Waals surface area contributed by atoms with Crippen molar-refractivity contribution in [1.29, 1.82) is 0 Å². The maximum absolute atomic E-state index is 12.5. The first-order valence-corrected chi connectivity index (χ1v) is 6.47. The molecule has 1 aliphatic rings. The van der Waals surface area contributed by atoms with Gasteiger partial charge in [-0.1, -0.05) is 13.8 Å². The van der Waals surface area contributed by atoms with E-state index < -0.39 is 11.6 Å². The Morgan fingerprint density at radius 2 is 2.11 bits per heavy atom. The Kier molecular flexibility index (Phi) is 3.39. The lowest BCUT2D eigenvalue weighted by Crippen LogP contribution is -2.68. The number of piperazine rings is 1. The molecule has 1 atom stereocenters. The summed E-state index contributed by atoms with van der Waals surface area (Å²) in [6.07, 6.45) is 3.17. The Hall–Kier alpha value is -1.78. The topological polar surface area (TPSA) is 62.6 Å². The van der Waals surface area contributed by atoms with Crippen molar-refractivity contribution < 1.29 is 14.0 Å². The monoisotopic (exact) mass is 264 g/mol. The highest BCUT2D eigenvalue weighted by atomic mass is 16.3. The van der Waals surface area contributed by atoms with Gasteiger partial charge in [0.2, 0.25) is 11.8 Å². The highest BCUT2D eigenvalue weighted by Gasteiger charge is 2.46. The van der Waals surface area contributed by atoms with E-state index in [9.17, 15) is 9.59 Å². The molecular formula is C14H20N2O3. The van der Waals surface area contributed by atoms with E-state index in [1.54, 1.807) is 31.3 Å². The van der Waals surface area contributed by atoms with Crippen LogP contribution in [0.5, 0.6) is 0 Å². The van der Waals surface area contributed by atoms with Gasteiger partial charge in [-0.25, -0.2) is 0 Å². The molecular weight excluding hydrogens is 244 g/mol. The molecule has 0 radical (unpaired) electrons. The van der Waals surface area contributed by atoms with Crippen LogP contribution in [0.2, 0.25) is 0 Å². The molecule has 2 heterocycles. The minimum Gasteiger partial charge on any atom is -0.472 e. The average Bonchev–Trinajstić information content (AvgIpc) is 2.77. The van der Waals surface area contributed by atoms with Gasteiger partial charge in [0.1, 0.15) is 11.6 Å². The molecule has 0 spiro atoms. The summed E-state index contributed by atoms with van der Waals surface area (Å²) in [6.45, 7) is 7.74. The van der Waals surface area contributed by atoms with Gasteiger partial charge < -0.3 is 14.6 Å². The molecule has 1 aliphatic heterocycles. The Morgan fingerprint density at radius 3 is 2.63 bits per heavy atom. The summed E-state index contributed by atoms with van der Waals surface area (Å²) in [5.41, 5.74) is 0.0381. The minimum atomic E-state index is -0.855. The smallest absolute Gasteiger partial charge is 0.248 e. The zero-order valence-corrected chi connectivity index (χ0v) is 11.8. The molecule has 1 aromatic heterocycles. The molecule has 1 aromatic rings. The predicted octanol–water partition coefficient (Wildman–Crippen LogP) is 1.54. The fourth-order valence-electron chi connectivity index (χ4n) is 2.47. The van der Waals surface area contributed by atoms with Gasteiger partial charge in [0.25, 0.3) is 0 Å². The fourth-order valence-corrected chi connectivity index (χ4v) is 2.47. The quantitative estimate of drug-likeness (QED) is 0.900. The molecule has 0 aromatic carbocycles. The number of furan rings is 1. The van der Waals surface area contributed by atoms with E-state index in [-0.39, 0.29) is 17.7 Å². The average molecular weight is 264 g/mol. The Labute approximate surface area is 113 Å². The van der Waals surface area contributed by atoms with Crippen LogP contribution in [0.3, 0.4) is 0 Å². The van der Waals surface area contributed by atoms with Gasteiger partial charge in [-0.3, -0.25) is 9.59 Å². The molecule has 19 heavy (non-hydrogen) atoms. The van der Waals surface area contributed by atoms with E-state index in [1.165, 1.54) is 0 Å². The Morgan fingerprint density at radius 1 is 1.42 bits per heavy atom. The number of carbonyl (C=O) groups is 2. The first-order chi connectivity index (χ1) is 8.83. The van der Waals surface area contributed by atoms with Crippen LogP contribution in [0.4, 0.5) is 0 Å². The molecule has 0 bridgehead atoms. The zero-order chi connectivity index (χ0) is 14.2. The van der Waals surface area contributed by atoms with E-state index in [0.717, 1.165) is 5.56 Å². The summed E-state index contributed by atoms with van der Waals surface area (Å²) in [6, 6.07) is 1.37. The summed E-state index contributed by atoms with van der Waals surface area (Å²) < 4.78 is 5.03. The molecule has 0 aliphatic carbocycles. The van der Waals surface area contributed by atoms with E-state index in [0.29, 0.717) is 6.54 Å². The van der Waals surface area contributed by atoms with Crippen LogP contribution in [0.15, 0.2) is 23.0 Å². The third kappa shape index (κ3) is 2.50. The van der Waals surface area contributed by atoms with Crippen molar-refractivity contribution in [2.24, 2.45) is 5.92 Å². The van der Waals surface area contributed by atoms with Gasteiger partial charge in [0.05, 0.1) is 12.5 Å². The number of hydrogen-bond acceptors (Lipinski definition) is 3. The van der Waals surface area contributed by atoms with Crippen molar-refractivity contribution in [3.63, 3.8) is 0 Å². The van der Waals surface area contributed by atoms with Crippen molar-refractivity contribution >= 4 is 11.8 Å². The second-order valence-electron chi connectivity index (χ2n) is 5.87. The molecule has 0 saturated carbocycles. The first-order valence-electron chi connectivity index (χ1n) is 6.47. The second kappa shape index (κ2) is 4.72. The van der Waals surface area contributed by atoms with E-state index >= 15 is 0 Å². The Bertz CT molecular complexity index is 477. The molecule has 104 valence electrons. The molecule has 5 heteroatoms. The lowest BCUT2D eigenvalue weighted by molar-refractivity contribution is -0.156. The third-order valence-corrected chi connectivity index (χ3v) is 3.40. The standard InChI is InChI=1S/C14H20N2O3/c1-9(2)11-12(17)15-14(3,4)13(18)16(11)7-10-5-6-19-8-10/h5-6,8-9,11H,7H2,1-4H3,(H,15,17). The number of carbonyl (C=O) groups excluding carboxylic acids is 2. The lowest BCUT2D eigenvalue weighted by Gasteiger charge is -2.44. The molecule has 1 N–H and O–H groups in total. The summed E-state index contributed by atoms with van der Waals surface area (Å²) in [4.78, 5) is 26.4. The lowest BCUT2D eigenvalue weighted by atomic mass is 9.91. The number of rotatable bonds is 3. The van der Waals surface area contributed by atoms with Crippen LogP contribution >= 0.6 is 0 Å². The van der Waals surface area contributed by atoms with Crippen molar-refractivity contribution in [3.8, 4) is 0 Å². The molecule has 1 saturated heterocycles. The van der Waals surface area contributed by atoms with Crippen LogP contribution in [0.1, 0.15) is 33.3 Å². The summed E-state index contributed by atoms with van der Waals surface area (Å²) in [7, 11) is 0. The normalized spacial score (nSPS) is 22.8. The SMILES string of the molecule is CC(C)C1C(=O)NC(C)(C)C(=O)N1Cc1ccoc1. The summed E-state index contributed by atoms with van der Waals surface area (Å²) in [5, 5.41) is 2.79. The van der Waals surface area contributed by atoms with Crippen LogP contribution in [0, 0.1) is 5.92 Å². The highest BCUT2D eigenvalue weighted by molar-refractivity contribution is 5.99. The van der Waals surface area contributed by atoms with Crippen molar-refractivity contribution in [2.45, 2.75) is 45.8 Å². The highest BCUT2D eigenvalue weighted by Crippen LogP contribution is 2.24. The van der Waals surface area contributed by atoms with Crippen molar-refractivity contribution in [2.75, 3.05) is 0 Å². The number of nitrogens with one attached hydrogen (secondary N) is 1. The van der Waals surface area contributed by atoms with E-state index in [4.69, 9.17) is 4.42 Å². The maximum atomic E-state index is 12.5. The van der Waals surface area contributed by atoms with Crippen molar-refractivity contribution in [3.05, 3.63) is 24.2 Å². The van der Waals surface area contributed by atoms with Crippen molar-refractivity contribution in [1.82, 2.24) is 10.2 Å². The number of hydrogen-bond donors (Lipinski definition) is 1. The summed E-state index contributed by atoms with van der Waals surface area (Å²) in [5.74, 6) is -0.0953. The molecule has 1 unspecified atom stereocenters. The largest absolute Gasteiger partial charge is 0.472 e. The zero-order valence-electron chi connectivity index (χ0n) is 11.8. The van der Waals surface area contributed by atoms with E-state index in [2.05, 4.69) is 5.32 Å². The Balaban J connectivity index is 2.32.